The first-order valence-electron chi connectivity index (χ1n) is 4.50. The molecule has 14 heavy (non-hydrogen) atoms. The van der Waals surface area contributed by atoms with Crippen LogP contribution in [0.1, 0.15) is 28.3 Å². The van der Waals surface area contributed by atoms with Crippen molar-refractivity contribution in [2.75, 3.05) is 12.4 Å². The van der Waals surface area contributed by atoms with Crippen molar-refractivity contribution in [3.8, 4) is 0 Å². The number of alkyl halides is 1. The molecule has 78 valence electrons. The first-order valence-corrected chi connectivity index (χ1v) is 5.91. The zero-order valence-electron chi connectivity index (χ0n) is 8.05. The van der Waals surface area contributed by atoms with E-state index in [0.717, 1.165) is 17.8 Å². The average molecular weight is 233 g/mol. The monoisotopic (exact) mass is 232 g/mol. The molecule has 1 rings (SSSR count). The van der Waals surface area contributed by atoms with E-state index in [9.17, 15) is 4.79 Å². The summed E-state index contributed by atoms with van der Waals surface area (Å²) in [6.07, 6.45) is 1.84. The number of hydrogen-bond donors (Lipinski definition) is 1. The van der Waals surface area contributed by atoms with Crippen LogP contribution in [0.25, 0.3) is 0 Å². The van der Waals surface area contributed by atoms with E-state index in [4.69, 9.17) is 11.6 Å². The van der Waals surface area contributed by atoms with Gasteiger partial charge in [-0.3, -0.25) is 4.79 Å². The third kappa shape index (κ3) is 3.64. The van der Waals surface area contributed by atoms with Crippen molar-refractivity contribution < 1.29 is 4.79 Å². The number of nitrogens with one attached hydrogen (secondary N) is 1. The number of thiazole rings is 1. The Morgan fingerprint density at radius 3 is 3.00 bits per heavy atom. The molecule has 0 radical (unpaired) electrons. The minimum atomic E-state index is -0.0936. The van der Waals surface area contributed by atoms with Gasteiger partial charge < -0.3 is 5.32 Å². The Balaban J connectivity index is 2.29. The van der Waals surface area contributed by atoms with Crippen LogP contribution in [0.4, 0.5) is 0 Å². The number of nitrogens with zero attached hydrogens (tertiary/aromatic N) is 1. The molecule has 0 fully saturated rings. The predicted octanol–water partition coefficient (Wildman–Crippen LogP) is 2.20. The lowest BCUT2D eigenvalue weighted by molar-refractivity contribution is 0.0949. The normalized spacial score (nSPS) is 10.1. The zero-order chi connectivity index (χ0) is 10.4. The van der Waals surface area contributed by atoms with Gasteiger partial charge in [0.15, 0.2) is 0 Å². The minimum Gasteiger partial charge on any atom is -0.351 e. The quantitative estimate of drug-likeness (QED) is 0.625. The number of rotatable bonds is 5. The number of amides is 1. The second-order valence-corrected chi connectivity index (χ2v) is 4.34. The highest BCUT2D eigenvalue weighted by Gasteiger charge is 2.07. The summed E-state index contributed by atoms with van der Waals surface area (Å²) < 4.78 is 0. The van der Waals surface area contributed by atoms with Gasteiger partial charge in [0.2, 0.25) is 0 Å². The zero-order valence-corrected chi connectivity index (χ0v) is 9.62. The van der Waals surface area contributed by atoms with E-state index in [1.54, 1.807) is 5.38 Å². The lowest BCUT2D eigenvalue weighted by atomic mass is 10.3. The Hall–Kier alpha value is -0.610. The molecule has 1 aromatic rings. The van der Waals surface area contributed by atoms with Crippen LogP contribution in [-0.2, 0) is 0 Å². The van der Waals surface area contributed by atoms with E-state index in [1.165, 1.54) is 11.3 Å². The van der Waals surface area contributed by atoms with E-state index < -0.39 is 0 Å². The Morgan fingerprint density at radius 2 is 2.43 bits per heavy atom. The van der Waals surface area contributed by atoms with Crippen LogP contribution in [0.15, 0.2) is 5.38 Å². The molecular formula is C9H13ClN2OS. The number of aromatic nitrogens is 1. The van der Waals surface area contributed by atoms with E-state index in [-0.39, 0.29) is 5.91 Å². The fourth-order valence-electron chi connectivity index (χ4n) is 0.980. The lowest BCUT2D eigenvalue weighted by Crippen LogP contribution is -2.24. The smallest absolute Gasteiger partial charge is 0.270 e. The molecule has 5 heteroatoms. The summed E-state index contributed by atoms with van der Waals surface area (Å²) in [5, 5.41) is 5.48. The van der Waals surface area contributed by atoms with Crippen molar-refractivity contribution in [3.63, 3.8) is 0 Å². The molecule has 0 aliphatic heterocycles. The summed E-state index contributed by atoms with van der Waals surface area (Å²) in [7, 11) is 0. The summed E-state index contributed by atoms with van der Waals surface area (Å²) in [5.74, 6) is 0.551. The molecule has 0 atom stereocenters. The molecule has 3 nitrogen and oxygen atoms in total. The van der Waals surface area contributed by atoms with Crippen molar-refractivity contribution in [1.29, 1.82) is 0 Å². The molecule has 0 unspecified atom stereocenters. The fraction of sp³-hybridized carbons (Fsp3) is 0.556. The Kier molecular flexibility index (Phi) is 4.90. The van der Waals surface area contributed by atoms with Gasteiger partial charge in [-0.15, -0.1) is 22.9 Å². The van der Waals surface area contributed by atoms with Gasteiger partial charge in [0.05, 0.1) is 5.01 Å². The largest absolute Gasteiger partial charge is 0.351 e. The van der Waals surface area contributed by atoms with Gasteiger partial charge >= 0.3 is 0 Å². The summed E-state index contributed by atoms with van der Waals surface area (Å²) in [4.78, 5) is 15.5. The van der Waals surface area contributed by atoms with E-state index in [0.29, 0.717) is 18.1 Å². The molecule has 0 bridgehead atoms. The van der Waals surface area contributed by atoms with Crippen molar-refractivity contribution in [3.05, 3.63) is 16.1 Å². The molecule has 1 N–H and O–H groups in total. The third-order valence-electron chi connectivity index (χ3n) is 1.70. The molecule has 0 aliphatic rings. The van der Waals surface area contributed by atoms with E-state index in [2.05, 4.69) is 10.3 Å². The highest BCUT2D eigenvalue weighted by Crippen LogP contribution is 2.07. The number of carbonyl (C=O) groups excluding carboxylic acids is 1. The molecule has 1 amide bonds. The third-order valence-corrected chi connectivity index (χ3v) is 2.74. The van der Waals surface area contributed by atoms with Crippen LogP contribution in [0.2, 0.25) is 0 Å². The summed E-state index contributed by atoms with van der Waals surface area (Å²) in [6, 6.07) is 0. The lowest BCUT2D eigenvalue weighted by Gasteiger charge is -2.00. The van der Waals surface area contributed by atoms with Crippen LogP contribution in [0.3, 0.4) is 0 Å². The van der Waals surface area contributed by atoms with Crippen LogP contribution >= 0.6 is 22.9 Å². The fourth-order valence-corrected chi connectivity index (χ4v) is 1.76. The number of hydrogen-bond acceptors (Lipinski definition) is 3. The topological polar surface area (TPSA) is 42.0 Å². The van der Waals surface area contributed by atoms with Crippen LogP contribution in [-0.4, -0.2) is 23.3 Å². The van der Waals surface area contributed by atoms with Gasteiger partial charge in [0.25, 0.3) is 5.91 Å². The van der Waals surface area contributed by atoms with Crippen LogP contribution in [0, 0.1) is 6.92 Å². The number of aryl methyl sites for hydroxylation is 1. The molecule has 0 spiro atoms. The first kappa shape index (κ1) is 11.5. The summed E-state index contributed by atoms with van der Waals surface area (Å²) in [6.45, 7) is 2.55. The molecule has 0 aromatic carbocycles. The number of unbranched alkanes of at least 4 members (excludes halogenated alkanes) is 1. The minimum absolute atomic E-state index is 0.0936. The van der Waals surface area contributed by atoms with E-state index in [1.807, 2.05) is 6.92 Å². The van der Waals surface area contributed by atoms with Crippen LogP contribution < -0.4 is 5.32 Å². The van der Waals surface area contributed by atoms with Gasteiger partial charge in [-0.1, -0.05) is 0 Å². The number of halogens is 1. The summed E-state index contributed by atoms with van der Waals surface area (Å²) in [5.41, 5.74) is 0.512. The van der Waals surface area contributed by atoms with Gasteiger partial charge in [-0.05, 0) is 19.8 Å². The maximum atomic E-state index is 11.4. The Labute approximate surface area is 92.5 Å². The number of carbonyl (C=O) groups is 1. The average Bonchev–Trinajstić information content (AvgIpc) is 2.59. The second-order valence-electron chi connectivity index (χ2n) is 2.90. The van der Waals surface area contributed by atoms with Gasteiger partial charge in [0, 0.05) is 17.8 Å². The maximum absolute atomic E-state index is 11.4. The van der Waals surface area contributed by atoms with Crippen molar-refractivity contribution in [1.82, 2.24) is 10.3 Å². The Morgan fingerprint density at radius 1 is 1.64 bits per heavy atom. The maximum Gasteiger partial charge on any atom is 0.270 e. The van der Waals surface area contributed by atoms with Gasteiger partial charge in [0.1, 0.15) is 5.69 Å². The molecule has 0 aliphatic carbocycles. The van der Waals surface area contributed by atoms with Crippen molar-refractivity contribution in [2.24, 2.45) is 0 Å². The Bertz CT molecular complexity index is 301. The molecule has 1 aromatic heterocycles. The van der Waals surface area contributed by atoms with Crippen LogP contribution in [0.5, 0.6) is 0 Å². The molecule has 1 heterocycles. The molecular weight excluding hydrogens is 220 g/mol. The predicted molar refractivity (Wildman–Crippen MR) is 59.1 cm³/mol. The highest BCUT2D eigenvalue weighted by molar-refractivity contribution is 7.09. The summed E-state index contributed by atoms with van der Waals surface area (Å²) >= 11 is 7.00. The molecule has 0 saturated carbocycles. The SMILES string of the molecule is Cc1nc(C(=O)NCCCCCl)cs1. The first-order chi connectivity index (χ1) is 6.74. The van der Waals surface area contributed by atoms with E-state index >= 15 is 0 Å². The van der Waals surface area contributed by atoms with Crippen molar-refractivity contribution in [2.45, 2.75) is 19.8 Å². The van der Waals surface area contributed by atoms with Gasteiger partial charge in [-0.25, -0.2) is 4.98 Å². The molecule has 0 saturated heterocycles. The standard InChI is InChI=1S/C9H13ClN2OS/c1-7-12-8(6-14-7)9(13)11-5-3-2-4-10/h6H,2-5H2,1H3,(H,11,13). The van der Waals surface area contributed by atoms with Gasteiger partial charge in [-0.2, -0.15) is 0 Å². The highest BCUT2D eigenvalue weighted by atomic mass is 35.5. The second kappa shape index (κ2) is 5.98. The van der Waals surface area contributed by atoms with Crippen molar-refractivity contribution >= 4 is 28.8 Å².